The molecule has 16 heavy (non-hydrogen) atoms. The van der Waals surface area contributed by atoms with Gasteiger partial charge in [-0.15, -0.1) is 0 Å². The first-order chi connectivity index (χ1) is 7.93. The number of unbranched alkanes of at least 4 members (excludes halogenated alkanes) is 6. The van der Waals surface area contributed by atoms with E-state index in [1.165, 1.54) is 64.2 Å². The van der Waals surface area contributed by atoms with Crippen LogP contribution in [0.3, 0.4) is 0 Å². The predicted octanol–water partition coefficient (Wildman–Crippen LogP) is 4.63. The van der Waals surface area contributed by atoms with Crippen LogP contribution in [0.1, 0.15) is 77.6 Å². The molecular formula is C14H28O2. The maximum absolute atomic E-state index is 5.35. The van der Waals surface area contributed by atoms with Crippen LogP contribution in [0.4, 0.5) is 0 Å². The summed E-state index contributed by atoms with van der Waals surface area (Å²) in [6, 6.07) is 0. The highest BCUT2D eigenvalue weighted by atomic mass is 17.2. The van der Waals surface area contributed by atoms with Gasteiger partial charge in [-0.3, -0.25) is 0 Å². The SMILES string of the molecule is CCCCCCCCCC1CCCCOO1. The van der Waals surface area contributed by atoms with Gasteiger partial charge in [-0.25, -0.2) is 9.78 Å². The molecule has 0 saturated carbocycles. The average molecular weight is 228 g/mol. The summed E-state index contributed by atoms with van der Waals surface area (Å²) in [5.41, 5.74) is 0. The molecule has 1 saturated heterocycles. The first-order valence-corrected chi connectivity index (χ1v) is 7.21. The molecule has 0 aromatic carbocycles. The van der Waals surface area contributed by atoms with Gasteiger partial charge in [-0.05, 0) is 25.7 Å². The maximum atomic E-state index is 5.35. The Morgan fingerprint density at radius 2 is 1.69 bits per heavy atom. The normalized spacial score (nSPS) is 21.9. The summed E-state index contributed by atoms with van der Waals surface area (Å²) < 4.78 is 0. The lowest BCUT2D eigenvalue weighted by atomic mass is 10.0. The minimum atomic E-state index is 0.373. The molecule has 1 aliphatic heterocycles. The minimum Gasteiger partial charge on any atom is -0.236 e. The Balaban J connectivity index is 1.86. The van der Waals surface area contributed by atoms with E-state index in [-0.39, 0.29) is 0 Å². The lowest BCUT2D eigenvalue weighted by Gasteiger charge is -2.12. The highest BCUT2D eigenvalue weighted by Crippen LogP contribution is 2.17. The van der Waals surface area contributed by atoms with E-state index in [1.807, 2.05) is 0 Å². The monoisotopic (exact) mass is 228 g/mol. The zero-order valence-electron chi connectivity index (χ0n) is 10.9. The molecule has 0 aromatic heterocycles. The van der Waals surface area contributed by atoms with Gasteiger partial charge < -0.3 is 0 Å². The third kappa shape index (κ3) is 7.24. The molecule has 0 bridgehead atoms. The minimum absolute atomic E-state index is 0.373. The summed E-state index contributed by atoms with van der Waals surface area (Å²) in [5, 5.41) is 0. The highest BCUT2D eigenvalue weighted by Gasteiger charge is 2.12. The second-order valence-electron chi connectivity index (χ2n) is 4.95. The molecule has 0 amide bonds. The van der Waals surface area contributed by atoms with Gasteiger partial charge in [0.2, 0.25) is 0 Å². The Kier molecular flexibility index (Phi) is 8.83. The van der Waals surface area contributed by atoms with Crippen LogP contribution in [-0.4, -0.2) is 12.7 Å². The molecule has 0 N–H and O–H groups in total. The first-order valence-electron chi connectivity index (χ1n) is 7.21. The largest absolute Gasteiger partial charge is 0.236 e. The van der Waals surface area contributed by atoms with Crippen molar-refractivity contribution in [3.63, 3.8) is 0 Å². The first kappa shape index (κ1) is 14.0. The van der Waals surface area contributed by atoms with E-state index in [1.54, 1.807) is 0 Å². The lowest BCUT2D eigenvalue weighted by Crippen LogP contribution is -2.10. The molecule has 2 nitrogen and oxygen atoms in total. The molecule has 96 valence electrons. The van der Waals surface area contributed by atoms with E-state index < -0.39 is 0 Å². The van der Waals surface area contributed by atoms with Gasteiger partial charge in [0.15, 0.2) is 0 Å². The van der Waals surface area contributed by atoms with Crippen molar-refractivity contribution in [3.05, 3.63) is 0 Å². The third-order valence-corrected chi connectivity index (χ3v) is 3.34. The third-order valence-electron chi connectivity index (χ3n) is 3.34. The fourth-order valence-corrected chi connectivity index (χ4v) is 2.25. The quantitative estimate of drug-likeness (QED) is 0.445. The van der Waals surface area contributed by atoms with Crippen LogP contribution >= 0.6 is 0 Å². The van der Waals surface area contributed by atoms with Crippen molar-refractivity contribution in [1.82, 2.24) is 0 Å². The molecule has 1 fully saturated rings. The lowest BCUT2D eigenvalue weighted by molar-refractivity contribution is -0.318. The average Bonchev–Trinajstić information content (AvgIpc) is 2.56. The fourth-order valence-electron chi connectivity index (χ4n) is 2.25. The standard InChI is InChI=1S/C14H28O2/c1-2-3-4-5-6-7-8-11-14-12-9-10-13-15-16-14/h14H,2-13H2,1H3. The number of hydrogen-bond donors (Lipinski definition) is 0. The zero-order chi connectivity index (χ0) is 11.5. The van der Waals surface area contributed by atoms with E-state index >= 15 is 0 Å². The molecular weight excluding hydrogens is 200 g/mol. The van der Waals surface area contributed by atoms with Crippen LogP contribution < -0.4 is 0 Å². The summed E-state index contributed by atoms with van der Waals surface area (Å²) in [6.07, 6.45) is 14.8. The Hall–Kier alpha value is -0.0800. The summed E-state index contributed by atoms with van der Waals surface area (Å²) in [7, 11) is 0. The Labute approximate surface area is 101 Å². The molecule has 0 radical (unpaired) electrons. The van der Waals surface area contributed by atoms with Crippen LogP contribution in [0, 0.1) is 0 Å². The molecule has 2 heteroatoms. The molecule has 1 rings (SSSR count). The van der Waals surface area contributed by atoms with Crippen LogP contribution in [0.25, 0.3) is 0 Å². The van der Waals surface area contributed by atoms with Gasteiger partial charge in [0, 0.05) is 0 Å². The second-order valence-corrected chi connectivity index (χ2v) is 4.95. The topological polar surface area (TPSA) is 18.5 Å². The summed E-state index contributed by atoms with van der Waals surface area (Å²) in [5.74, 6) is 0. The fraction of sp³-hybridized carbons (Fsp3) is 1.00. The Bertz CT molecular complexity index is 140. The van der Waals surface area contributed by atoms with Gasteiger partial charge in [0.1, 0.15) is 0 Å². The van der Waals surface area contributed by atoms with Crippen molar-refractivity contribution in [2.45, 2.75) is 83.7 Å². The van der Waals surface area contributed by atoms with Crippen LogP contribution in [0.15, 0.2) is 0 Å². The van der Waals surface area contributed by atoms with Gasteiger partial charge in [-0.2, -0.15) is 0 Å². The molecule has 1 unspecified atom stereocenters. The number of rotatable bonds is 8. The van der Waals surface area contributed by atoms with Crippen molar-refractivity contribution in [1.29, 1.82) is 0 Å². The molecule has 0 spiro atoms. The predicted molar refractivity (Wildman–Crippen MR) is 67.3 cm³/mol. The van der Waals surface area contributed by atoms with Gasteiger partial charge in [0.25, 0.3) is 0 Å². The van der Waals surface area contributed by atoms with Crippen molar-refractivity contribution >= 4 is 0 Å². The van der Waals surface area contributed by atoms with Crippen molar-refractivity contribution in [2.75, 3.05) is 6.61 Å². The molecule has 1 heterocycles. The van der Waals surface area contributed by atoms with Crippen molar-refractivity contribution in [3.8, 4) is 0 Å². The molecule has 1 atom stereocenters. The highest BCUT2D eigenvalue weighted by molar-refractivity contribution is 4.59. The van der Waals surface area contributed by atoms with Gasteiger partial charge in [-0.1, -0.05) is 51.9 Å². The van der Waals surface area contributed by atoms with E-state index in [2.05, 4.69) is 6.92 Å². The van der Waals surface area contributed by atoms with Gasteiger partial charge >= 0.3 is 0 Å². The van der Waals surface area contributed by atoms with E-state index in [9.17, 15) is 0 Å². The summed E-state index contributed by atoms with van der Waals surface area (Å²) >= 11 is 0. The Morgan fingerprint density at radius 3 is 2.50 bits per heavy atom. The summed E-state index contributed by atoms with van der Waals surface area (Å²) in [6.45, 7) is 3.05. The second kappa shape index (κ2) is 10.1. The molecule has 0 aromatic rings. The van der Waals surface area contributed by atoms with Gasteiger partial charge in [0.05, 0.1) is 12.7 Å². The summed E-state index contributed by atoms with van der Waals surface area (Å²) in [4.78, 5) is 10.5. The molecule has 1 aliphatic rings. The smallest absolute Gasteiger partial charge is 0.0930 e. The van der Waals surface area contributed by atoms with Crippen molar-refractivity contribution in [2.24, 2.45) is 0 Å². The van der Waals surface area contributed by atoms with E-state index in [4.69, 9.17) is 9.78 Å². The number of hydrogen-bond acceptors (Lipinski definition) is 2. The van der Waals surface area contributed by atoms with Crippen molar-refractivity contribution < 1.29 is 9.78 Å². The van der Waals surface area contributed by atoms with Crippen LogP contribution in [-0.2, 0) is 9.78 Å². The van der Waals surface area contributed by atoms with Crippen LogP contribution in [0.5, 0.6) is 0 Å². The Morgan fingerprint density at radius 1 is 0.938 bits per heavy atom. The van der Waals surface area contributed by atoms with Crippen LogP contribution in [0.2, 0.25) is 0 Å². The maximum Gasteiger partial charge on any atom is 0.0930 e. The molecule has 0 aliphatic carbocycles. The zero-order valence-corrected chi connectivity index (χ0v) is 10.9. The van der Waals surface area contributed by atoms with E-state index in [0.717, 1.165) is 13.0 Å². The van der Waals surface area contributed by atoms with E-state index in [0.29, 0.717) is 6.10 Å².